The Morgan fingerprint density at radius 1 is 1.36 bits per heavy atom. The van der Waals surface area contributed by atoms with Gasteiger partial charge in [-0.05, 0) is 17.5 Å². The van der Waals surface area contributed by atoms with Gasteiger partial charge in [-0.25, -0.2) is 4.98 Å². The molecule has 118 valence electrons. The monoisotopic (exact) mass is 301 g/mol. The summed E-state index contributed by atoms with van der Waals surface area (Å²) in [6, 6.07) is 5.71. The Morgan fingerprint density at radius 2 is 2.14 bits per heavy atom. The first-order valence-electron chi connectivity index (χ1n) is 7.69. The van der Waals surface area contributed by atoms with Crippen molar-refractivity contribution in [1.29, 1.82) is 0 Å². The number of carbonyl (C=O) groups is 1. The summed E-state index contributed by atoms with van der Waals surface area (Å²) in [6.07, 6.45) is 1.81. The smallest absolute Gasteiger partial charge is 0.256 e. The van der Waals surface area contributed by atoms with Crippen LogP contribution in [0, 0.1) is 5.41 Å². The first-order valence-corrected chi connectivity index (χ1v) is 7.69. The number of aryl methyl sites for hydroxylation is 1. The van der Waals surface area contributed by atoms with Crippen molar-refractivity contribution in [3.63, 3.8) is 0 Å². The average molecular weight is 301 g/mol. The molecule has 1 unspecified atom stereocenters. The SMILES string of the molecule is Cn1cnc2cccc(C(=O)N3CCOC(C(C)(C)C)C3)c21. The maximum Gasteiger partial charge on any atom is 0.256 e. The maximum atomic E-state index is 13.0. The van der Waals surface area contributed by atoms with Crippen LogP contribution in [0.4, 0.5) is 0 Å². The number of imidazole rings is 1. The van der Waals surface area contributed by atoms with Crippen molar-refractivity contribution in [2.24, 2.45) is 12.5 Å². The van der Waals surface area contributed by atoms with Crippen molar-refractivity contribution in [2.45, 2.75) is 26.9 Å². The number of rotatable bonds is 1. The summed E-state index contributed by atoms with van der Waals surface area (Å²) in [5.74, 6) is 0.0618. The highest BCUT2D eigenvalue weighted by molar-refractivity contribution is 6.05. The molecule has 1 aromatic carbocycles. The molecule has 1 aliphatic heterocycles. The molecule has 22 heavy (non-hydrogen) atoms. The van der Waals surface area contributed by atoms with Crippen LogP contribution >= 0.6 is 0 Å². The fraction of sp³-hybridized carbons (Fsp3) is 0.529. The molecule has 3 rings (SSSR count). The lowest BCUT2D eigenvalue weighted by atomic mass is 9.88. The van der Waals surface area contributed by atoms with Crippen LogP contribution in [0.1, 0.15) is 31.1 Å². The van der Waals surface area contributed by atoms with Crippen molar-refractivity contribution < 1.29 is 9.53 Å². The molecule has 2 aromatic rings. The molecule has 5 heteroatoms. The molecule has 1 saturated heterocycles. The van der Waals surface area contributed by atoms with Gasteiger partial charge >= 0.3 is 0 Å². The van der Waals surface area contributed by atoms with Crippen LogP contribution in [0.2, 0.25) is 0 Å². The Labute approximate surface area is 130 Å². The molecule has 2 heterocycles. The quantitative estimate of drug-likeness (QED) is 0.813. The van der Waals surface area contributed by atoms with Crippen LogP contribution in [-0.2, 0) is 11.8 Å². The summed E-state index contributed by atoms with van der Waals surface area (Å²) in [4.78, 5) is 19.2. The van der Waals surface area contributed by atoms with Gasteiger partial charge in [-0.1, -0.05) is 26.8 Å². The van der Waals surface area contributed by atoms with Crippen molar-refractivity contribution in [3.05, 3.63) is 30.1 Å². The molecule has 1 fully saturated rings. The molecule has 0 spiro atoms. The first-order chi connectivity index (χ1) is 10.4. The Hall–Kier alpha value is -1.88. The highest BCUT2D eigenvalue weighted by atomic mass is 16.5. The van der Waals surface area contributed by atoms with E-state index in [4.69, 9.17) is 4.74 Å². The van der Waals surface area contributed by atoms with E-state index in [1.807, 2.05) is 34.7 Å². The maximum absolute atomic E-state index is 13.0. The summed E-state index contributed by atoms with van der Waals surface area (Å²) in [6.45, 7) is 8.31. The minimum absolute atomic E-state index is 0.0253. The standard InChI is InChI=1S/C17H23N3O2/c1-17(2,3)14-10-20(8-9-22-14)16(21)12-6-5-7-13-15(12)19(4)11-18-13/h5-7,11,14H,8-10H2,1-4H3. The topological polar surface area (TPSA) is 47.4 Å². The van der Waals surface area contributed by atoms with E-state index in [2.05, 4.69) is 25.8 Å². The van der Waals surface area contributed by atoms with Gasteiger partial charge in [0.25, 0.3) is 5.91 Å². The molecular formula is C17H23N3O2. The van der Waals surface area contributed by atoms with Crippen molar-refractivity contribution in [1.82, 2.24) is 14.5 Å². The molecular weight excluding hydrogens is 278 g/mol. The number of hydrogen-bond donors (Lipinski definition) is 0. The molecule has 1 aromatic heterocycles. The Balaban J connectivity index is 1.91. The number of ether oxygens (including phenoxy) is 1. The zero-order valence-electron chi connectivity index (χ0n) is 13.7. The van der Waals surface area contributed by atoms with Crippen LogP contribution < -0.4 is 0 Å². The van der Waals surface area contributed by atoms with Crippen molar-refractivity contribution >= 4 is 16.9 Å². The molecule has 0 radical (unpaired) electrons. The number of para-hydroxylation sites is 1. The highest BCUT2D eigenvalue weighted by Gasteiger charge is 2.33. The van der Waals surface area contributed by atoms with Gasteiger partial charge in [0.15, 0.2) is 0 Å². The Bertz CT molecular complexity index is 699. The van der Waals surface area contributed by atoms with Crippen LogP contribution in [-0.4, -0.2) is 46.2 Å². The normalized spacial score (nSPS) is 19.6. The third kappa shape index (κ3) is 2.61. The third-order valence-corrected chi connectivity index (χ3v) is 4.29. The van der Waals surface area contributed by atoms with Gasteiger partial charge in [0, 0.05) is 20.1 Å². The van der Waals surface area contributed by atoms with E-state index in [9.17, 15) is 4.79 Å². The Morgan fingerprint density at radius 3 is 2.86 bits per heavy atom. The van der Waals surface area contributed by atoms with Crippen LogP contribution in [0.15, 0.2) is 24.5 Å². The van der Waals surface area contributed by atoms with Gasteiger partial charge in [0.1, 0.15) is 0 Å². The number of fused-ring (bicyclic) bond motifs is 1. The van der Waals surface area contributed by atoms with Gasteiger partial charge < -0.3 is 14.2 Å². The van der Waals surface area contributed by atoms with Gasteiger partial charge in [-0.3, -0.25) is 4.79 Å². The average Bonchev–Trinajstić information content (AvgIpc) is 2.87. The van der Waals surface area contributed by atoms with E-state index in [1.165, 1.54) is 0 Å². The molecule has 0 N–H and O–H groups in total. The lowest BCUT2D eigenvalue weighted by molar-refractivity contribution is -0.0706. The van der Waals surface area contributed by atoms with Crippen LogP contribution in [0.25, 0.3) is 11.0 Å². The first kappa shape index (κ1) is 15.0. The summed E-state index contributed by atoms with van der Waals surface area (Å²) >= 11 is 0. The van der Waals surface area contributed by atoms with E-state index in [-0.39, 0.29) is 17.4 Å². The second-order valence-corrected chi connectivity index (χ2v) is 7.01. The van der Waals surface area contributed by atoms with E-state index in [0.717, 1.165) is 11.0 Å². The van der Waals surface area contributed by atoms with E-state index >= 15 is 0 Å². The van der Waals surface area contributed by atoms with E-state index in [0.29, 0.717) is 25.3 Å². The van der Waals surface area contributed by atoms with Crippen LogP contribution in [0.5, 0.6) is 0 Å². The predicted octanol–water partition coefficient (Wildman–Crippen LogP) is 2.46. The zero-order valence-corrected chi connectivity index (χ0v) is 13.7. The summed E-state index contributed by atoms with van der Waals surface area (Å²) in [5.41, 5.74) is 2.49. The number of benzene rings is 1. The molecule has 5 nitrogen and oxygen atoms in total. The molecule has 0 aliphatic carbocycles. The third-order valence-electron chi connectivity index (χ3n) is 4.29. The largest absolute Gasteiger partial charge is 0.374 e. The lowest BCUT2D eigenvalue weighted by Gasteiger charge is -2.39. The van der Waals surface area contributed by atoms with Crippen molar-refractivity contribution in [2.75, 3.05) is 19.7 Å². The summed E-state index contributed by atoms with van der Waals surface area (Å²) < 4.78 is 7.75. The van der Waals surface area contributed by atoms with Gasteiger partial charge in [-0.15, -0.1) is 0 Å². The number of hydrogen-bond acceptors (Lipinski definition) is 3. The number of aromatic nitrogens is 2. The number of morpholine rings is 1. The van der Waals surface area contributed by atoms with Gasteiger partial charge in [0.2, 0.25) is 0 Å². The fourth-order valence-electron chi connectivity index (χ4n) is 2.91. The Kier molecular flexibility index (Phi) is 3.68. The zero-order chi connectivity index (χ0) is 15.9. The van der Waals surface area contributed by atoms with E-state index in [1.54, 1.807) is 6.33 Å². The summed E-state index contributed by atoms with van der Waals surface area (Å²) in [5, 5.41) is 0. The summed E-state index contributed by atoms with van der Waals surface area (Å²) in [7, 11) is 1.92. The van der Waals surface area contributed by atoms with Gasteiger partial charge in [-0.2, -0.15) is 0 Å². The van der Waals surface area contributed by atoms with Crippen molar-refractivity contribution in [3.8, 4) is 0 Å². The molecule has 1 aliphatic rings. The van der Waals surface area contributed by atoms with Gasteiger partial charge in [0.05, 0.1) is 35.6 Å². The number of carbonyl (C=O) groups excluding carboxylic acids is 1. The molecule has 0 bridgehead atoms. The van der Waals surface area contributed by atoms with E-state index < -0.39 is 0 Å². The fourth-order valence-corrected chi connectivity index (χ4v) is 2.91. The second-order valence-electron chi connectivity index (χ2n) is 7.01. The number of nitrogens with zero attached hydrogens (tertiary/aromatic N) is 3. The molecule has 1 atom stereocenters. The van der Waals surface area contributed by atoms with Crippen LogP contribution in [0.3, 0.4) is 0 Å². The minimum Gasteiger partial charge on any atom is -0.374 e. The highest BCUT2D eigenvalue weighted by Crippen LogP contribution is 2.27. The predicted molar refractivity (Wildman–Crippen MR) is 85.8 cm³/mol. The molecule has 0 saturated carbocycles. The molecule has 1 amide bonds. The minimum atomic E-state index is 0.0253. The second kappa shape index (κ2) is 5.39. The lowest BCUT2D eigenvalue weighted by Crippen LogP contribution is -2.50. The number of amides is 1.